The van der Waals surface area contributed by atoms with Crippen LogP contribution in [0.5, 0.6) is 0 Å². The number of nitrogens with zero attached hydrogens (tertiary/aromatic N) is 4. The first kappa shape index (κ1) is 14.5. The van der Waals surface area contributed by atoms with Gasteiger partial charge in [-0.3, -0.25) is 0 Å². The van der Waals surface area contributed by atoms with E-state index in [0.29, 0.717) is 22.0 Å². The molecule has 1 fully saturated rings. The van der Waals surface area contributed by atoms with Crippen molar-refractivity contribution < 1.29 is 4.52 Å². The van der Waals surface area contributed by atoms with Crippen LogP contribution in [0.25, 0.3) is 11.6 Å². The van der Waals surface area contributed by atoms with E-state index in [0.717, 1.165) is 23.7 Å². The zero-order valence-corrected chi connectivity index (χ0v) is 13.6. The molecule has 0 saturated carbocycles. The Labute approximate surface area is 132 Å². The Balaban J connectivity index is 1.89. The molecule has 21 heavy (non-hydrogen) atoms. The molecule has 0 bridgehead atoms. The zero-order valence-electron chi connectivity index (χ0n) is 11.9. The highest BCUT2D eigenvalue weighted by atomic mass is 32.2. The highest BCUT2D eigenvalue weighted by Crippen LogP contribution is 2.43. The molecule has 0 N–H and O–H groups in total. The average Bonchev–Trinajstić information content (AvgIpc) is 3.13. The van der Waals surface area contributed by atoms with Gasteiger partial charge in [0.1, 0.15) is 11.8 Å². The van der Waals surface area contributed by atoms with Crippen molar-refractivity contribution in [3.05, 3.63) is 23.7 Å². The van der Waals surface area contributed by atoms with Gasteiger partial charge in [-0.1, -0.05) is 12.1 Å². The fourth-order valence-electron chi connectivity index (χ4n) is 2.43. The number of aromatic nitrogens is 3. The number of nitriles is 1. The van der Waals surface area contributed by atoms with Crippen molar-refractivity contribution in [1.29, 1.82) is 5.26 Å². The molecule has 110 valence electrons. The molecule has 2 unspecified atom stereocenters. The summed E-state index contributed by atoms with van der Waals surface area (Å²) in [5.74, 6) is 3.57. The van der Waals surface area contributed by atoms with Crippen LogP contribution in [-0.4, -0.2) is 31.5 Å². The third kappa shape index (κ3) is 2.83. The molecular weight excluding hydrogens is 304 g/mol. The predicted octanol–water partition coefficient (Wildman–Crippen LogP) is 3.25. The van der Waals surface area contributed by atoms with E-state index >= 15 is 0 Å². The first-order valence-electron chi connectivity index (χ1n) is 6.86. The highest BCUT2D eigenvalue weighted by molar-refractivity contribution is 8.06. The van der Waals surface area contributed by atoms with Crippen molar-refractivity contribution in [3.63, 3.8) is 0 Å². The lowest BCUT2D eigenvalue weighted by Crippen LogP contribution is -2.19. The summed E-state index contributed by atoms with van der Waals surface area (Å²) in [5.41, 5.74) is 1.38. The Morgan fingerprint density at radius 3 is 3.00 bits per heavy atom. The maximum absolute atomic E-state index is 8.96. The minimum atomic E-state index is 0.293. The van der Waals surface area contributed by atoms with Crippen molar-refractivity contribution in [2.24, 2.45) is 7.05 Å². The largest absolute Gasteiger partial charge is 0.345 e. The molecule has 0 amide bonds. The second-order valence-corrected chi connectivity index (χ2v) is 7.50. The third-order valence-electron chi connectivity index (χ3n) is 3.50. The van der Waals surface area contributed by atoms with Gasteiger partial charge in [0.2, 0.25) is 0 Å². The Morgan fingerprint density at radius 2 is 2.29 bits per heavy atom. The second kappa shape index (κ2) is 6.16. The fourth-order valence-corrected chi connectivity index (χ4v) is 5.42. The summed E-state index contributed by atoms with van der Waals surface area (Å²) in [7, 11) is 1.88. The zero-order chi connectivity index (χ0) is 14.8. The lowest BCUT2D eigenvalue weighted by atomic mass is 10.2. The summed E-state index contributed by atoms with van der Waals surface area (Å²) < 4.78 is 7.26. The monoisotopic (exact) mass is 320 g/mol. The van der Waals surface area contributed by atoms with E-state index in [4.69, 9.17) is 9.78 Å². The van der Waals surface area contributed by atoms with Crippen LogP contribution < -0.4 is 0 Å². The van der Waals surface area contributed by atoms with Crippen LogP contribution in [0.2, 0.25) is 0 Å². The van der Waals surface area contributed by atoms with E-state index in [1.165, 1.54) is 5.75 Å². The van der Waals surface area contributed by atoms with Crippen molar-refractivity contribution in [2.75, 3.05) is 11.5 Å². The van der Waals surface area contributed by atoms with Crippen LogP contribution in [0.15, 0.2) is 16.8 Å². The number of hydrogen-bond acceptors (Lipinski definition) is 6. The molecule has 3 heterocycles. The molecule has 2 aromatic heterocycles. The average molecular weight is 320 g/mol. The lowest BCUT2D eigenvalue weighted by Gasteiger charge is -2.27. The lowest BCUT2D eigenvalue weighted by molar-refractivity contribution is 0.419. The van der Waals surface area contributed by atoms with Gasteiger partial charge in [-0.05, 0) is 12.5 Å². The van der Waals surface area contributed by atoms with Gasteiger partial charge >= 0.3 is 0 Å². The predicted molar refractivity (Wildman–Crippen MR) is 85.2 cm³/mol. The highest BCUT2D eigenvalue weighted by Gasteiger charge is 2.30. The van der Waals surface area contributed by atoms with E-state index in [2.05, 4.69) is 23.1 Å². The summed E-state index contributed by atoms with van der Waals surface area (Å²) in [5, 5.41) is 14.0. The maximum Gasteiger partial charge on any atom is 0.274 e. The quantitative estimate of drug-likeness (QED) is 0.865. The minimum Gasteiger partial charge on any atom is -0.345 e. The molecular formula is C14H16N4OS2. The van der Waals surface area contributed by atoms with E-state index < -0.39 is 0 Å². The first-order valence-corrected chi connectivity index (χ1v) is 8.96. The second-order valence-electron chi connectivity index (χ2n) is 4.90. The van der Waals surface area contributed by atoms with Crippen LogP contribution >= 0.6 is 23.5 Å². The van der Waals surface area contributed by atoms with Gasteiger partial charge in [0.25, 0.3) is 5.89 Å². The van der Waals surface area contributed by atoms with Crippen LogP contribution in [0, 0.1) is 11.3 Å². The molecule has 2 atom stereocenters. The number of aryl methyl sites for hydroxylation is 1. The molecule has 7 heteroatoms. The van der Waals surface area contributed by atoms with Gasteiger partial charge in [-0.15, -0.1) is 11.8 Å². The summed E-state index contributed by atoms with van der Waals surface area (Å²) in [6.07, 6.45) is 2.87. The molecule has 0 radical (unpaired) electrons. The van der Waals surface area contributed by atoms with Gasteiger partial charge in [0.05, 0.1) is 10.8 Å². The van der Waals surface area contributed by atoms with Crippen LogP contribution in [0.3, 0.4) is 0 Å². The van der Waals surface area contributed by atoms with Crippen molar-refractivity contribution in [1.82, 2.24) is 14.7 Å². The molecule has 0 aromatic carbocycles. The topological polar surface area (TPSA) is 67.6 Å². The van der Waals surface area contributed by atoms with Gasteiger partial charge in [0, 0.05) is 30.0 Å². The Hall–Kier alpha value is -1.39. The van der Waals surface area contributed by atoms with E-state index in [1.54, 1.807) is 12.3 Å². The van der Waals surface area contributed by atoms with Gasteiger partial charge in [0.15, 0.2) is 5.82 Å². The van der Waals surface area contributed by atoms with Gasteiger partial charge < -0.3 is 9.09 Å². The first-order chi connectivity index (χ1) is 10.2. The summed E-state index contributed by atoms with van der Waals surface area (Å²) >= 11 is 3.90. The maximum atomic E-state index is 8.96. The Kier molecular flexibility index (Phi) is 4.27. The van der Waals surface area contributed by atoms with Crippen LogP contribution in [0.4, 0.5) is 0 Å². The number of rotatable bonds is 3. The molecule has 0 aliphatic carbocycles. The van der Waals surface area contributed by atoms with E-state index in [9.17, 15) is 0 Å². The molecule has 5 nitrogen and oxygen atoms in total. The molecule has 1 saturated heterocycles. The molecule has 0 spiro atoms. The van der Waals surface area contributed by atoms with Crippen LogP contribution in [-0.2, 0) is 7.05 Å². The standard InChI is InChI=1S/C14H16N4OS2/c1-3-11-12(21-5-4-20-11)13-16-14(19-17-13)10-6-9(7-15)8-18(10)2/h6,8,11-12H,3-5H2,1-2H3. The number of thioether (sulfide) groups is 2. The smallest absolute Gasteiger partial charge is 0.274 e. The molecule has 1 aliphatic rings. The fraction of sp³-hybridized carbons (Fsp3) is 0.500. The molecule has 2 aromatic rings. The molecule has 1 aliphatic heterocycles. The Morgan fingerprint density at radius 1 is 1.48 bits per heavy atom. The molecule has 3 rings (SSSR count). The summed E-state index contributed by atoms with van der Waals surface area (Å²) in [4.78, 5) is 4.57. The van der Waals surface area contributed by atoms with Crippen molar-refractivity contribution in [2.45, 2.75) is 23.8 Å². The SMILES string of the molecule is CCC1SCCSC1c1noc(-c2cc(C#N)cn2C)n1. The number of hydrogen-bond donors (Lipinski definition) is 0. The third-order valence-corrected chi connectivity index (χ3v) is 6.74. The van der Waals surface area contributed by atoms with E-state index in [-0.39, 0.29) is 0 Å². The summed E-state index contributed by atoms with van der Waals surface area (Å²) in [6, 6.07) is 3.90. The van der Waals surface area contributed by atoms with Crippen molar-refractivity contribution >= 4 is 23.5 Å². The van der Waals surface area contributed by atoms with Gasteiger partial charge in [-0.25, -0.2) is 0 Å². The normalized spacial score (nSPS) is 22.1. The van der Waals surface area contributed by atoms with Crippen molar-refractivity contribution in [3.8, 4) is 17.7 Å². The van der Waals surface area contributed by atoms with E-state index in [1.807, 2.05) is 35.1 Å². The van der Waals surface area contributed by atoms with Crippen LogP contribution in [0.1, 0.15) is 30.0 Å². The minimum absolute atomic E-state index is 0.293. The van der Waals surface area contributed by atoms with Gasteiger partial charge in [-0.2, -0.15) is 22.0 Å². The summed E-state index contributed by atoms with van der Waals surface area (Å²) in [6.45, 7) is 2.20. The Bertz CT molecular complexity index is 673.